The molecule has 0 saturated carbocycles. The fourth-order valence-electron chi connectivity index (χ4n) is 2.25. The van der Waals surface area contributed by atoms with E-state index < -0.39 is 5.97 Å². The van der Waals surface area contributed by atoms with Gasteiger partial charge < -0.3 is 15.7 Å². The minimum Gasteiger partial charge on any atom is -0.481 e. The fourth-order valence-corrected chi connectivity index (χ4v) is 2.25. The van der Waals surface area contributed by atoms with Crippen molar-refractivity contribution in [3.8, 4) is 0 Å². The average Bonchev–Trinajstić information content (AvgIpc) is 2.63. The molecular formula is C12H22N2O3. The van der Waals surface area contributed by atoms with Gasteiger partial charge in [-0.2, -0.15) is 0 Å². The number of carboxylic acids is 1. The fraction of sp³-hybridized carbons (Fsp3) is 0.833. The Hall–Kier alpha value is -1.10. The predicted octanol–water partition coefficient (Wildman–Crippen LogP) is 0.602. The molecule has 0 bridgehead atoms. The lowest BCUT2D eigenvalue weighted by Crippen LogP contribution is -2.42. The van der Waals surface area contributed by atoms with Crippen molar-refractivity contribution in [1.82, 2.24) is 10.6 Å². The second-order valence-corrected chi connectivity index (χ2v) is 4.83. The van der Waals surface area contributed by atoms with Crippen LogP contribution in [0.5, 0.6) is 0 Å². The van der Waals surface area contributed by atoms with Gasteiger partial charge in [0.15, 0.2) is 0 Å². The van der Waals surface area contributed by atoms with Crippen molar-refractivity contribution >= 4 is 11.9 Å². The van der Waals surface area contributed by atoms with Gasteiger partial charge in [0.2, 0.25) is 5.91 Å². The van der Waals surface area contributed by atoms with E-state index in [0.717, 1.165) is 13.0 Å². The Morgan fingerprint density at radius 2 is 2.18 bits per heavy atom. The third kappa shape index (κ3) is 4.34. The molecule has 1 heterocycles. The zero-order valence-electron chi connectivity index (χ0n) is 10.5. The van der Waals surface area contributed by atoms with E-state index >= 15 is 0 Å². The summed E-state index contributed by atoms with van der Waals surface area (Å²) in [5, 5.41) is 14.8. The van der Waals surface area contributed by atoms with Gasteiger partial charge in [-0.05, 0) is 18.9 Å². The lowest BCUT2D eigenvalue weighted by molar-refractivity contribution is -0.137. The molecule has 1 rings (SSSR count). The van der Waals surface area contributed by atoms with Gasteiger partial charge in [0.25, 0.3) is 0 Å². The Morgan fingerprint density at radius 1 is 1.47 bits per heavy atom. The molecule has 0 radical (unpaired) electrons. The lowest BCUT2D eigenvalue weighted by atomic mass is 9.96. The number of carbonyl (C=O) groups is 2. The van der Waals surface area contributed by atoms with Gasteiger partial charge in [-0.1, -0.05) is 20.3 Å². The van der Waals surface area contributed by atoms with Crippen LogP contribution in [0.4, 0.5) is 0 Å². The zero-order chi connectivity index (χ0) is 12.8. The van der Waals surface area contributed by atoms with E-state index in [2.05, 4.69) is 10.6 Å². The Labute approximate surface area is 102 Å². The molecule has 5 heteroatoms. The summed E-state index contributed by atoms with van der Waals surface area (Å²) in [6, 6.07) is -0.238. The summed E-state index contributed by atoms with van der Waals surface area (Å²) in [4.78, 5) is 22.7. The van der Waals surface area contributed by atoms with Crippen molar-refractivity contribution in [2.45, 2.75) is 39.2 Å². The predicted molar refractivity (Wildman–Crippen MR) is 64.6 cm³/mol. The van der Waals surface area contributed by atoms with E-state index in [0.29, 0.717) is 18.9 Å². The average molecular weight is 242 g/mol. The van der Waals surface area contributed by atoms with Crippen LogP contribution >= 0.6 is 0 Å². The summed E-state index contributed by atoms with van der Waals surface area (Å²) in [7, 11) is 0. The molecule has 3 atom stereocenters. The molecule has 1 aliphatic rings. The van der Waals surface area contributed by atoms with Crippen molar-refractivity contribution < 1.29 is 14.7 Å². The van der Waals surface area contributed by atoms with Crippen LogP contribution in [0.15, 0.2) is 0 Å². The third-order valence-corrected chi connectivity index (χ3v) is 3.26. The topological polar surface area (TPSA) is 78.4 Å². The highest BCUT2D eigenvalue weighted by molar-refractivity contribution is 5.80. The van der Waals surface area contributed by atoms with Crippen molar-refractivity contribution in [3.05, 3.63) is 0 Å². The maximum absolute atomic E-state index is 12.0. The molecule has 0 aromatic rings. The summed E-state index contributed by atoms with van der Waals surface area (Å²) in [5.74, 6) is -0.575. The molecule has 17 heavy (non-hydrogen) atoms. The number of nitrogens with one attached hydrogen (secondary N) is 2. The monoisotopic (exact) mass is 242 g/mol. The highest BCUT2D eigenvalue weighted by Crippen LogP contribution is 2.16. The number of carbonyl (C=O) groups excluding carboxylic acids is 1. The van der Waals surface area contributed by atoms with Crippen molar-refractivity contribution in [1.29, 1.82) is 0 Å². The Balaban J connectivity index is 2.47. The largest absolute Gasteiger partial charge is 0.481 e. The Morgan fingerprint density at radius 3 is 2.65 bits per heavy atom. The normalized spacial score (nSPS) is 25.5. The van der Waals surface area contributed by atoms with Crippen LogP contribution in [0.1, 0.15) is 33.1 Å². The maximum atomic E-state index is 12.0. The molecule has 1 saturated heterocycles. The number of hydrogen-bond acceptors (Lipinski definition) is 3. The van der Waals surface area contributed by atoms with Gasteiger partial charge >= 0.3 is 5.97 Å². The number of rotatable bonds is 6. The van der Waals surface area contributed by atoms with Crippen LogP contribution in [0.25, 0.3) is 0 Å². The van der Waals surface area contributed by atoms with E-state index in [1.807, 2.05) is 13.8 Å². The van der Waals surface area contributed by atoms with Crippen LogP contribution in [0.3, 0.4) is 0 Å². The molecule has 1 unspecified atom stereocenters. The van der Waals surface area contributed by atoms with Crippen LogP contribution in [-0.4, -0.2) is 36.1 Å². The number of carboxylic acid groups (broad SMARTS) is 1. The van der Waals surface area contributed by atoms with Crippen LogP contribution in [-0.2, 0) is 9.59 Å². The summed E-state index contributed by atoms with van der Waals surface area (Å²) >= 11 is 0. The van der Waals surface area contributed by atoms with Crippen LogP contribution < -0.4 is 10.6 Å². The number of aliphatic carboxylic acids is 1. The van der Waals surface area contributed by atoms with E-state index in [4.69, 9.17) is 5.11 Å². The first-order valence-electron chi connectivity index (χ1n) is 6.27. The first-order chi connectivity index (χ1) is 8.04. The maximum Gasteiger partial charge on any atom is 0.305 e. The van der Waals surface area contributed by atoms with Gasteiger partial charge in [0.05, 0.1) is 12.3 Å². The van der Waals surface area contributed by atoms with Crippen LogP contribution in [0.2, 0.25) is 0 Å². The molecule has 1 aliphatic heterocycles. The van der Waals surface area contributed by atoms with Crippen molar-refractivity contribution in [2.24, 2.45) is 11.8 Å². The molecule has 1 fully saturated rings. The Kier molecular flexibility index (Phi) is 5.41. The second kappa shape index (κ2) is 6.59. The highest BCUT2D eigenvalue weighted by atomic mass is 16.4. The Bertz CT molecular complexity index is 281. The summed E-state index contributed by atoms with van der Waals surface area (Å²) in [6.45, 7) is 5.57. The molecule has 0 aliphatic carbocycles. The van der Waals surface area contributed by atoms with Crippen LogP contribution in [0, 0.1) is 11.8 Å². The summed E-state index contributed by atoms with van der Waals surface area (Å²) in [5.41, 5.74) is 0. The molecule has 1 amide bonds. The smallest absolute Gasteiger partial charge is 0.305 e. The van der Waals surface area contributed by atoms with Gasteiger partial charge in [-0.3, -0.25) is 9.59 Å². The molecule has 0 aromatic carbocycles. The van der Waals surface area contributed by atoms with Crippen molar-refractivity contribution in [3.63, 3.8) is 0 Å². The first kappa shape index (κ1) is 14.0. The minimum atomic E-state index is -0.860. The first-order valence-corrected chi connectivity index (χ1v) is 6.27. The summed E-state index contributed by atoms with van der Waals surface area (Å²) in [6.07, 6.45) is 1.59. The highest BCUT2D eigenvalue weighted by Gasteiger charge is 2.30. The van der Waals surface area contributed by atoms with Gasteiger partial charge in [-0.25, -0.2) is 0 Å². The number of amides is 1. The van der Waals surface area contributed by atoms with E-state index in [-0.39, 0.29) is 24.3 Å². The van der Waals surface area contributed by atoms with Gasteiger partial charge in [0, 0.05) is 12.6 Å². The quantitative estimate of drug-likeness (QED) is 0.637. The molecule has 0 spiro atoms. The molecular weight excluding hydrogens is 220 g/mol. The van der Waals surface area contributed by atoms with E-state index in [1.165, 1.54) is 0 Å². The van der Waals surface area contributed by atoms with E-state index in [1.54, 1.807) is 0 Å². The number of hydrogen-bond donors (Lipinski definition) is 3. The molecule has 3 N–H and O–H groups in total. The van der Waals surface area contributed by atoms with Gasteiger partial charge in [-0.15, -0.1) is 0 Å². The SMILES string of the molecule is CCCC(CC(=O)O)NC(=O)[C@@H]1CNC[C@H]1C. The third-order valence-electron chi connectivity index (χ3n) is 3.26. The molecule has 0 aromatic heterocycles. The molecule has 5 nitrogen and oxygen atoms in total. The lowest BCUT2D eigenvalue weighted by Gasteiger charge is -2.20. The summed E-state index contributed by atoms with van der Waals surface area (Å²) < 4.78 is 0. The van der Waals surface area contributed by atoms with Crippen molar-refractivity contribution in [2.75, 3.05) is 13.1 Å². The minimum absolute atomic E-state index is 0.00805. The zero-order valence-corrected chi connectivity index (χ0v) is 10.5. The van der Waals surface area contributed by atoms with Gasteiger partial charge in [0.1, 0.15) is 0 Å². The van der Waals surface area contributed by atoms with E-state index in [9.17, 15) is 9.59 Å². The molecule has 98 valence electrons. The second-order valence-electron chi connectivity index (χ2n) is 4.83. The standard InChI is InChI=1S/C12H22N2O3/c1-3-4-9(5-11(15)16)14-12(17)10-7-13-6-8(10)2/h8-10,13H,3-7H2,1-2H3,(H,14,17)(H,15,16)/t8-,9?,10-/m1/s1.